The molecular formula is C12H6Cl2N2O2S. The van der Waals surface area contributed by atoms with Crippen LogP contribution in [0.25, 0.3) is 15.9 Å². The van der Waals surface area contributed by atoms with Gasteiger partial charge in [-0.2, -0.15) is 0 Å². The molecule has 0 aliphatic carbocycles. The van der Waals surface area contributed by atoms with Crippen molar-refractivity contribution in [3.05, 3.63) is 60.5 Å². The van der Waals surface area contributed by atoms with Gasteiger partial charge in [-0.3, -0.25) is 4.79 Å². The molecule has 0 saturated carbocycles. The molecule has 3 rings (SSSR count). The number of aromatic amines is 1. The van der Waals surface area contributed by atoms with Gasteiger partial charge in [0.15, 0.2) is 0 Å². The first-order valence-electron chi connectivity index (χ1n) is 5.26. The maximum atomic E-state index is 12.4. The maximum Gasteiger partial charge on any atom is 0.334 e. The highest BCUT2D eigenvalue weighted by molar-refractivity contribution is 7.18. The van der Waals surface area contributed by atoms with Gasteiger partial charge >= 0.3 is 5.69 Å². The van der Waals surface area contributed by atoms with Crippen molar-refractivity contribution in [1.82, 2.24) is 9.55 Å². The van der Waals surface area contributed by atoms with Crippen molar-refractivity contribution in [1.29, 1.82) is 0 Å². The SMILES string of the molecule is O=c1[nH]c2ccc(Cl)cc2c(=O)n1-c1ccc(Cl)s1. The fourth-order valence-corrected chi connectivity index (χ4v) is 3.01. The van der Waals surface area contributed by atoms with Gasteiger partial charge in [0, 0.05) is 5.02 Å². The predicted molar refractivity (Wildman–Crippen MR) is 78.1 cm³/mol. The Labute approximate surface area is 120 Å². The molecule has 0 unspecified atom stereocenters. The summed E-state index contributed by atoms with van der Waals surface area (Å²) in [7, 11) is 0. The Hall–Kier alpha value is -1.56. The van der Waals surface area contributed by atoms with E-state index in [0.717, 1.165) is 15.9 Å². The van der Waals surface area contributed by atoms with Crippen LogP contribution in [0, 0.1) is 0 Å². The average molecular weight is 313 g/mol. The zero-order valence-corrected chi connectivity index (χ0v) is 11.6. The van der Waals surface area contributed by atoms with Crippen LogP contribution in [0.2, 0.25) is 9.36 Å². The standard InChI is InChI=1S/C12H6Cl2N2O2S/c13-6-1-2-8-7(5-6)11(17)16(12(18)15-8)10-4-3-9(14)19-10/h1-5H,(H,15,18). The molecule has 0 aliphatic rings. The van der Waals surface area contributed by atoms with Gasteiger partial charge in [0.05, 0.1) is 15.2 Å². The summed E-state index contributed by atoms with van der Waals surface area (Å²) >= 11 is 12.9. The van der Waals surface area contributed by atoms with Crippen LogP contribution in [0.1, 0.15) is 0 Å². The predicted octanol–water partition coefficient (Wildman–Crippen LogP) is 3.05. The number of H-pyrrole nitrogens is 1. The van der Waals surface area contributed by atoms with Crippen molar-refractivity contribution in [2.45, 2.75) is 0 Å². The van der Waals surface area contributed by atoms with Crippen molar-refractivity contribution in [2.75, 3.05) is 0 Å². The lowest BCUT2D eigenvalue weighted by atomic mass is 10.2. The summed E-state index contributed by atoms with van der Waals surface area (Å²) in [6, 6.07) is 8.01. The quantitative estimate of drug-likeness (QED) is 0.751. The van der Waals surface area contributed by atoms with Crippen LogP contribution in [0.15, 0.2) is 39.9 Å². The number of fused-ring (bicyclic) bond motifs is 1. The summed E-state index contributed by atoms with van der Waals surface area (Å²) in [5.74, 6) is 0. The second-order valence-corrected chi connectivity index (χ2v) is 5.97. The number of hydrogen-bond acceptors (Lipinski definition) is 3. The molecule has 7 heteroatoms. The minimum absolute atomic E-state index is 0.358. The second kappa shape index (κ2) is 4.52. The van der Waals surface area contributed by atoms with Crippen LogP contribution in [-0.2, 0) is 0 Å². The van der Waals surface area contributed by atoms with Crippen molar-refractivity contribution in [2.24, 2.45) is 0 Å². The summed E-state index contributed by atoms with van der Waals surface area (Å²) in [6.07, 6.45) is 0. The summed E-state index contributed by atoms with van der Waals surface area (Å²) < 4.78 is 1.56. The average Bonchev–Trinajstić information content (AvgIpc) is 2.77. The van der Waals surface area contributed by atoms with Gasteiger partial charge in [-0.25, -0.2) is 9.36 Å². The van der Waals surface area contributed by atoms with E-state index in [1.54, 1.807) is 24.3 Å². The van der Waals surface area contributed by atoms with E-state index in [9.17, 15) is 9.59 Å². The highest BCUT2D eigenvalue weighted by atomic mass is 35.5. The summed E-state index contributed by atoms with van der Waals surface area (Å²) in [4.78, 5) is 27.0. The first kappa shape index (κ1) is 12.5. The third kappa shape index (κ3) is 2.10. The van der Waals surface area contributed by atoms with Gasteiger partial charge in [0.25, 0.3) is 5.56 Å². The number of nitrogens with one attached hydrogen (secondary N) is 1. The second-order valence-electron chi connectivity index (χ2n) is 3.84. The van der Waals surface area contributed by atoms with Crippen LogP contribution in [0.4, 0.5) is 0 Å². The van der Waals surface area contributed by atoms with E-state index in [2.05, 4.69) is 4.98 Å². The van der Waals surface area contributed by atoms with Gasteiger partial charge in [0.2, 0.25) is 0 Å². The third-order valence-electron chi connectivity index (χ3n) is 2.64. The number of nitrogens with zero attached hydrogens (tertiary/aromatic N) is 1. The first-order valence-corrected chi connectivity index (χ1v) is 6.84. The molecule has 0 aliphatic heterocycles. The van der Waals surface area contributed by atoms with Gasteiger partial charge in [-0.15, -0.1) is 11.3 Å². The molecule has 1 N–H and O–H groups in total. The van der Waals surface area contributed by atoms with Gasteiger partial charge in [-0.1, -0.05) is 23.2 Å². The molecule has 0 amide bonds. The van der Waals surface area contributed by atoms with Gasteiger partial charge in [0.1, 0.15) is 5.00 Å². The molecule has 0 saturated heterocycles. The van der Waals surface area contributed by atoms with Crippen LogP contribution in [0.5, 0.6) is 0 Å². The van der Waals surface area contributed by atoms with E-state index in [-0.39, 0.29) is 0 Å². The monoisotopic (exact) mass is 312 g/mol. The molecule has 19 heavy (non-hydrogen) atoms. The molecule has 96 valence electrons. The maximum absolute atomic E-state index is 12.4. The van der Waals surface area contributed by atoms with Crippen molar-refractivity contribution < 1.29 is 0 Å². The Morgan fingerprint density at radius 2 is 1.89 bits per heavy atom. The molecule has 0 radical (unpaired) electrons. The fraction of sp³-hybridized carbons (Fsp3) is 0. The minimum atomic E-state index is -0.502. The largest absolute Gasteiger partial charge is 0.334 e. The topological polar surface area (TPSA) is 54.9 Å². The lowest BCUT2D eigenvalue weighted by molar-refractivity contribution is 0.917. The summed E-state index contributed by atoms with van der Waals surface area (Å²) in [6.45, 7) is 0. The Morgan fingerprint density at radius 1 is 1.11 bits per heavy atom. The zero-order valence-electron chi connectivity index (χ0n) is 9.31. The van der Waals surface area contributed by atoms with E-state index in [1.165, 1.54) is 6.07 Å². The van der Waals surface area contributed by atoms with Crippen molar-refractivity contribution in [3.8, 4) is 5.00 Å². The number of thiophene rings is 1. The molecule has 0 bridgehead atoms. The molecule has 0 fully saturated rings. The van der Waals surface area contributed by atoms with Crippen molar-refractivity contribution in [3.63, 3.8) is 0 Å². The molecule has 2 aromatic heterocycles. The molecule has 4 nitrogen and oxygen atoms in total. The first-order chi connectivity index (χ1) is 9.06. The van der Waals surface area contributed by atoms with Crippen LogP contribution < -0.4 is 11.2 Å². The number of benzene rings is 1. The summed E-state index contributed by atoms with van der Waals surface area (Å²) in [5.41, 5.74) is -0.462. The molecular weight excluding hydrogens is 307 g/mol. The van der Waals surface area contributed by atoms with E-state index < -0.39 is 11.2 Å². The molecule has 0 spiro atoms. The van der Waals surface area contributed by atoms with E-state index in [1.807, 2.05) is 0 Å². The highest BCUT2D eigenvalue weighted by Crippen LogP contribution is 2.23. The fourth-order valence-electron chi connectivity index (χ4n) is 1.81. The number of aromatic nitrogens is 2. The summed E-state index contributed by atoms with van der Waals surface area (Å²) in [5, 5.41) is 1.27. The molecule has 3 aromatic rings. The van der Waals surface area contributed by atoms with Crippen LogP contribution in [0.3, 0.4) is 0 Å². The van der Waals surface area contributed by atoms with E-state index in [4.69, 9.17) is 23.2 Å². The molecule has 2 heterocycles. The van der Waals surface area contributed by atoms with E-state index in [0.29, 0.717) is 25.3 Å². The van der Waals surface area contributed by atoms with Gasteiger partial charge in [-0.05, 0) is 30.3 Å². The Bertz CT molecular complexity index is 895. The Morgan fingerprint density at radius 3 is 2.58 bits per heavy atom. The number of hydrogen-bond donors (Lipinski definition) is 1. The third-order valence-corrected chi connectivity index (χ3v) is 4.09. The minimum Gasteiger partial charge on any atom is -0.306 e. The zero-order chi connectivity index (χ0) is 13.6. The number of halogens is 2. The van der Waals surface area contributed by atoms with Crippen LogP contribution >= 0.6 is 34.5 Å². The highest BCUT2D eigenvalue weighted by Gasteiger charge is 2.11. The molecule has 1 aromatic carbocycles. The lowest BCUT2D eigenvalue weighted by Gasteiger charge is -2.03. The molecule has 0 atom stereocenters. The smallest absolute Gasteiger partial charge is 0.306 e. The lowest BCUT2D eigenvalue weighted by Crippen LogP contribution is -2.32. The number of rotatable bonds is 1. The van der Waals surface area contributed by atoms with Gasteiger partial charge < -0.3 is 4.98 Å². The van der Waals surface area contributed by atoms with E-state index >= 15 is 0 Å². The Balaban J connectivity index is 2.43. The Kier molecular flexibility index (Phi) is 2.97. The van der Waals surface area contributed by atoms with Crippen LogP contribution in [-0.4, -0.2) is 9.55 Å². The normalized spacial score (nSPS) is 11.1. The van der Waals surface area contributed by atoms with Crippen molar-refractivity contribution >= 4 is 45.4 Å².